The summed E-state index contributed by atoms with van der Waals surface area (Å²) in [6, 6.07) is 0. The van der Waals surface area contributed by atoms with Gasteiger partial charge < -0.3 is 10.6 Å². The molecule has 1 aliphatic rings. The van der Waals surface area contributed by atoms with E-state index >= 15 is 0 Å². The Morgan fingerprint density at radius 1 is 1.73 bits per heavy atom. The Balaban J connectivity index is 2.40. The molecule has 1 rings (SSSR count). The Morgan fingerprint density at radius 3 is 2.91 bits per heavy atom. The van der Waals surface area contributed by atoms with Gasteiger partial charge in [-0.15, -0.1) is 11.6 Å². The average molecular weight is 176 g/mol. The molecule has 0 spiro atoms. The van der Waals surface area contributed by atoms with Crippen molar-refractivity contribution >= 4 is 17.6 Å². The first-order valence-electron chi connectivity index (χ1n) is 3.76. The van der Waals surface area contributed by atoms with Gasteiger partial charge in [-0.2, -0.15) is 0 Å². The van der Waals surface area contributed by atoms with Crippen LogP contribution in [0.4, 0.5) is 0 Å². The molecule has 0 radical (unpaired) electrons. The molecule has 0 bridgehead atoms. The van der Waals surface area contributed by atoms with Gasteiger partial charge >= 0.3 is 0 Å². The third-order valence-electron chi connectivity index (χ3n) is 1.47. The number of alkyl halides is 1. The van der Waals surface area contributed by atoms with E-state index in [2.05, 4.69) is 15.6 Å². The van der Waals surface area contributed by atoms with E-state index in [-0.39, 0.29) is 5.54 Å². The first-order chi connectivity index (χ1) is 5.14. The number of halogens is 1. The van der Waals surface area contributed by atoms with Crippen LogP contribution >= 0.6 is 11.6 Å². The first-order valence-corrected chi connectivity index (χ1v) is 4.30. The summed E-state index contributed by atoms with van der Waals surface area (Å²) in [7, 11) is 0. The van der Waals surface area contributed by atoms with Crippen molar-refractivity contribution in [3.8, 4) is 0 Å². The van der Waals surface area contributed by atoms with E-state index in [1.54, 1.807) is 0 Å². The molecule has 11 heavy (non-hydrogen) atoms. The Labute approximate surface area is 72.2 Å². The minimum atomic E-state index is -0.0717. The van der Waals surface area contributed by atoms with E-state index in [9.17, 15) is 0 Å². The van der Waals surface area contributed by atoms with Crippen LogP contribution in [0.15, 0.2) is 4.99 Å². The maximum Gasteiger partial charge on any atom is 0.191 e. The molecular formula is C7H14ClN3. The SMILES string of the molecule is CC(C)(CCl)NC1=NCCN1. The van der Waals surface area contributed by atoms with Gasteiger partial charge in [0.15, 0.2) is 5.96 Å². The average Bonchev–Trinajstić information content (AvgIpc) is 2.39. The van der Waals surface area contributed by atoms with Crippen molar-refractivity contribution in [3.05, 3.63) is 0 Å². The van der Waals surface area contributed by atoms with Gasteiger partial charge in [0.1, 0.15) is 0 Å². The van der Waals surface area contributed by atoms with Crippen LogP contribution in [0.2, 0.25) is 0 Å². The van der Waals surface area contributed by atoms with Gasteiger partial charge in [0.2, 0.25) is 0 Å². The Bertz CT molecular complexity index is 165. The molecule has 0 unspecified atom stereocenters. The van der Waals surface area contributed by atoms with Crippen LogP contribution in [0.5, 0.6) is 0 Å². The standard InChI is InChI=1S/C7H14ClN3/c1-7(2,5-8)11-6-9-3-4-10-6/h3-5H2,1-2H3,(H2,9,10,11). The van der Waals surface area contributed by atoms with Crippen molar-refractivity contribution in [2.75, 3.05) is 19.0 Å². The summed E-state index contributed by atoms with van der Waals surface area (Å²) in [5.41, 5.74) is -0.0717. The van der Waals surface area contributed by atoms with Gasteiger partial charge in [-0.1, -0.05) is 0 Å². The number of guanidine groups is 1. The molecule has 0 fully saturated rings. The molecule has 0 amide bonds. The topological polar surface area (TPSA) is 36.4 Å². The normalized spacial score (nSPS) is 17.5. The summed E-state index contributed by atoms with van der Waals surface area (Å²) < 4.78 is 0. The molecule has 0 saturated heterocycles. The number of nitrogens with zero attached hydrogens (tertiary/aromatic N) is 1. The van der Waals surface area contributed by atoms with Crippen molar-refractivity contribution < 1.29 is 0 Å². The lowest BCUT2D eigenvalue weighted by Gasteiger charge is -2.24. The summed E-state index contributed by atoms with van der Waals surface area (Å²) in [4.78, 5) is 4.20. The Kier molecular flexibility index (Phi) is 2.60. The molecule has 0 aromatic rings. The lowest BCUT2D eigenvalue weighted by atomic mass is 10.1. The van der Waals surface area contributed by atoms with Gasteiger partial charge in [0.05, 0.1) is 6.54 Å². The lowest BCUT2D eigenvalue weighted by molar-refractivity contribution is 0.512. The van der Waals surface area contributed by atoms with Crippen molar-refractivity contribution in [2.24, 2.45) is 4.99 Å². The van der Waals surface area contributed by atoms with Gasteiger partial charge in [0.25, 0.3) is 0 Å². The van der Waals surface area contributed by atoms with Crippen molar-refractivity contribution in [3.63, 3.8) is 0 Å². The minimum absolute atomic E-state index is 0.0717. The zero-order valence-corrected chi connectivity index (χ0v) is 7.70. The van der Waals surface area contributed by atoms with Gasteiger partial charge in [-0.05, 0) is 13.8 Å². The summed E-state index contributed by atoms with van der Waals surface area (Å²) >= 11 is 5.73. The third-order valence-corrected chi connectivity index (χ3v) is 2.13. The molecule has 2 N–H and O–H groups in total. The smallest absolute Gasteiger partial charge is 0.191 e. The van der Waals surface area contributed by atoms with Crippen molar-refractivity contribution in [1.29, 1.82) is 0 Å². The molecular weight excluding hydrogens is 162 g/mol. The number of hydrogen-bond donors (Lipinski definition) is 2. The number of hydrogen-bond acceptors (Lipinski definition) is 3. The largest absolute Gasteiger partial charge is 0.355 e. The van der Waals surface area contributed by atoms with E-state index in [0.29, 0.717) is 5.88 Å². The van der Waals surface area contributed by atoms with E-state index in [4.69, 9.17) is 11.6 Å². The number of aliphatic imine (C=N–C) groups is 1. The summed E-state index contributed by atoms with van der Waals surface area (Å²) in [5, 5.41) is 6.34. The molecule has 4 heteroatoms. The number of rotatable bonds is 2. The maximum absolute atomic E-state index is 5.73. The fourth-order valence-electron chi connectivity index (χ4n) is 0.836. The molecule has 0 aromatic heterocycles. The molecule has 0 aromatic carbocycles. The molecule has 1 heterocycles. The third kappa shape index (κ3) is 2.58. The summed E-state index contributed by atoms with van der Waals surface area (Å²) in [6.45, 7) is 5.88. The van der Waals surface area contributed by atoms with Crippen molar-refractivity contribution in [2.45, 2.75) is 19.4 Å². The highest BCUT2D eigenvalue weighted by molar-refractivity contribution is 6.18. The van der Waals surface area contributed by atoms with Crippen LogP contribution in [0.1, 0.15) is 13.8 Å². The van der Waals surface area contributed by atoms with Crippen LogP contribution < -0.4 is 10.6 Å². The molecule has 1 aliphatic heterocycles. The fraction of sp³-hybridized carbons (Fsp3) is 0.857. The van der Waals surface area contributed by atoms with Crippen LogP contribution in [-0.4, -0.2) is 30.5 Å². The molecule has 64 valence electrons. The van der Waals surface area contributed by atoms with E-state index in [1.807, 2.05) is 13.8 Å². The maximum atomic E-state index is 5.73. The highest BCUT2D eigenvalue weighted by Gasteiger charge is 2.18. The monoisotopic (exact) mass is 175 g/mol. The Hall–Kier alpha value is -0.440. The zero-order valence-electron chi connectivity index (χ0n) is 6.95. The second-order valence-electron chi connectivity index (χ2n) is 3.30. The van der Waals surface area contributed by atoms with Crippen LogP contribution in [0.25, 0.3) is 0 Å². The number of nitrogens with one attached hydrogen (secondary N) is 2. The lowest BCUT2D eigenvalue weighted by Crippen LogP contribution is -2.48. The van der Waals surface area contributed by atoms with E-state index < -0.39 is 0 Å². The van der Waals surface area contributed by atoms with Crippen molar-refractivity contribution in [1.82, 2.24) is 10.6 Å². The van der Waals surface area contributed by atoms with Gasteiger partial charge in [0, 0.05) is 18.0 Å². The van der Waals surface area contributed by atoms with Gasteiger partial charge in [-0.3, -0.25) is 4.99 Å². The first kappa shape index (κ1) is 8.65. The van der Waals surface area contributed by atoms with Crippen LogP contribution in [-0.2, 0) is 0 Å². The van der Waals surface area contributed by atoms with E-state index in [1.165, 1.54) is 0 Å². The molecule has 0 saturated carbocycles. The molecule has 3 nitrogen and oxygen atoms in total. The zero-order chi connectivity index (χ0) is 8.32. The highest BCUT2D eigenvalue weighted by Crippen LogP contribution is 2.04. The fourth-order valence-corrected chi connectivity index (χ4v) is 0.902. The molecule has 0 aliphatic carbocycles. The quantitative estimate of drug-likeness (QED) is 0.602. The Morgan fingerprint density at radius 2 is 2.45 bits per heavy atom. The highest BCUT2D eigenvalue weighted by atomic mass is 35.5. The second kappa shape index (κ2) is 3.30. The van der Waals surface area contributed by atoms with E-state index in [0.717, 1.165) is 19.0 Å². The summed E-state index contributed by atoms with van der Waals surface area (Å²) in [6.07, 6.45) is 0. The summed E-state index contributed by atoms with van der Waals surface area (Å²) in [5.74, 6) is 1.45. The minimum Gasteiger partial charge on any atom is -0.355 e. The molecule has 0 atom stereocenters. The van der Waals surface area contributed by atoms with Crippen LogP contribution in [0, 0.1) is 0 Å². The second-order valence-corrected chi connectivity index (χ2v) is 3.57. The predicted molar refractivity (Wildman–Crippen MR) is 48.2 cm³/mol. The van der Waals surface area contributed by atoms with Gasteiger partial charge in [-0.25, -0.2) is 0 Å². The van der Waals surface area contributed by atoms with Crippen LogP contribution in [0.3, 0.4) is 0 Å². The predicted octanol–water partition coefficient (Wildman–Crippen LogP) is 0.553.